The van der Waals surface area contributed by atoms with Crippen LogP contribution in [-0.4, -0.2) is 43.9 Å². The summed E-state index contributed by atoms with van der Waals surface area (Å²) in [5.74, 6) is 0.192. The van der Waals surface area contributed by atoms with Crippen molar-refractivity contribution < 1.29 is 18.1 Å². The fourth-order valence-corrected chi connectivity index (χ4v) is 5.64. The SMILES string of the molecule is CCS(=O)(=O)CCn1c([N+](=O)[O-])cnc1C.Clc1ccc(C(Cn2ccnc2)OCc2ccsc2Cl)c(Cl)c1. The van der Waals surface area contributed by atoms with Crippen molar-refractivity contribution in [2.45, 2.75) is 39.6 Å². The molecule has 1 unspecified atom stereocenters. The van der Waals surface area contributed by atoms with Crippen LogP contribution >= 0.6 is 46.1 Å². The second kappa shape index (κ2) is 14.2. The fourth-order valence-electron chi connectivity index (χ4n) is 3.46. The highest BCUT2D eigenvalue weighted by molar-refractivity contribution is 7.91. The van der Waals surface area contributed by atoms with Crippen LogP contribution in [0.15, 0.2) is 54.6 Å². The third-order valence-electron chi connectivity index (χ3n) is 5.67. The molecule has 0 radical (unpaired) electrons. The van der Waals surface area contributed by atoms with Crippen LogP contribution in [0.5, 0.6) is 0 Å². The Bertz CT molecular complexity index is 1490. The van der Waals surface area contributed by atoms with E-state index < -0.39 is 14.8 Å². The van der Waals surface area contributed by atoms with E-state index in [0.29, 0.717) is 29.0 Å². The molecule has 0 saturated carbocycles. The Labute approximate surface area is 245 Å². The number of thiophene rings is 1. The molecule has 4 aromatic rings. The summed E-state index contributed by atoms with van der Waals surface area (Å²) in [6.45, 7) is 4.23. The summed E-state index contributed by atoms with van der Waals surface area (Å²) in [5.41, 5.74) is 1.86. The highest BCUT2D eigenvalue weighted by atomic mass is 35.5. The van der Waals surface area contributed by atoms with Gasteiger partial charge >= 0.3 is 5.82 Å². The molecule has 15 heteroatoms. The highest BCUT2D eigenvalue weighted by Crippen LogP contribution is 2.32. The van der Waals surface area contributed by atoms with Crippen molar-refractivity contribution >= 4 is 61.8 Å². The summed E-state index contributed by atoms with van der Waals surface area (Å²) >= 11 is 20.0. The Hall–Kier alpha value is -2.48. The second-order valence-corrected chi connectivity index (χ2v) is 13.1. The van der Waals surface area contributed by atoms with Crippen LogP contribution in [0, 0.1) is 17.0 Å². The number of sulfone groups is 1. The first-order valence-corrected chi connectivity index (χ1v) is 15.4. The molecule has 0 fully saturated rings. The van der Waals surface area contributed by atoms with Crippen LogP contribution < -0.4 is 0 Å². The van der Waals surface area contributed by atoms with Crippen molar-refractivity contribution in [1.29, 1.82) is 0 Å². The van der Waals surface area contributed by atoms with Crippen molar-refractivity contribution in [3.8, 4) is 0 Å². The van der Waals surface area contributed by atoms with E-state index in [1.54, 1.807) is 32.4 Å². The van der Waals surface area contributed by atoms with Gasteiger partial charge < -0.3 is 19.4 Å². The van der Waals surface area contributed by atoms with Crippen molar-refractivity contribution in [2.75, 3.05) is 11.5 Å². The zero-order valence-corrected chi connectivity index (χ0v) is 24.9. The zero-order valence-electron chi connectivity index (χ0n) is 21.0. The Balaban J connectivity index is 0.000000231. The number of nitrogens with zero attached hydrogens (tertiary/aromatic N) is 5. The largest absolute Gasteiger partial charge is 0.367 e. The van der Waals surface area contributed by atoms with Crippen LogP contribution in [0.3, 0.4) is 0 Å². The highest BCUT2D eigenvalue weighted by Gasteiger charge is 2.20. The predicted molar refractivity (Wildman–Crippen MR) is 153 cm³/mol. The molecule has 0 bridgehead atoms. The fraction of sp³-hybridized carbons (Fsp3) is 0.333. The van der Waals surface area contributed by atoms with E-state index in [1.807, 2.05) is 34.3 Å². The van der Waals surface area contributed by atoms with Gasteiger partial charge in [0.15, 0.2) is 15.7 Å². The van der Waals surface area contributed by atoms with Gasteiger partial charge in [0.1, 0.15) is 18.8 Å². The lowest BCUT2D eigenvalue weighted by molar-refractivity contribution is -0.392. The van der Waals surface area contributed by atoms with Gasteiger partial charge in [-0.3, -0.25) is 0 Å². The molecule has 0 aliphatic carbocycles. The van der Waals surface area contributed by atoms with Crippen LogP contribution in [0.25, 0.3) is 0 Å². The Kier molecular flexibility index (Phi) is 11.3. The monoisotopic (exact) mass is 633 g/mol. The number of ether oxygens (including phenoxy) is 1. The maximum absolute atomic E-state index is 11.3. The summed E-state index contributed by atoms with van der Waals surface area (Å²) in [5, 5.41) is 13.8. The average Bonchev–Trinajstić information content (AvgIpc) is 3.63. The summed E-state index contributed by atoms with van der Waals surface area (Å²) in [7, 11) is -3.13. The van der Waals surface area contributed by atoms with Gasteiger partial charge in [-0.05, 0) is 28.5 Å². The van der Waals surface area contributed by atoms with E-state index in [9.17, 15) is 18.5 Å². The molecule has 0 aliphatic heterocycles. The minimum atomic E-state index is -3.13. The van der Waals surface area contributed by atoms with Crippen LogP contribution in [0.4, 0.5) is 5.82 Å². The lowest BCUT2D eigenvalue weighted by atomic mass is 10.1. The molecule has 0 amide bonds. The van der Waals surface area contributed by atoms with Gasteiger partial charge in [-0.2, -0.15) is 0 Å². The van der Waals surface area contributed by atoms with Gasteiger partial charge in [0.2, 0.25) is 0 Å². The Morgan fingerprint density at radius 1 is 1.23 bits per heavy atom. The van der Waals surface area contributed by atoms with E-state index in [1.165, 1.54) is 15.9 Å². The molecule has 0 spiro atoms. The quantitative estimate of drug-likeness (QED) is 0.138. The number of hydrogen-bond donors (Lipinski definition) is 0. The summed E-state index contributed by atoms with van der Waals surface area (Å²) < 4.78 is 32.7. The number of imidazole rings is 2. The topological polar surface area (TPSA) is 122 Å². The van der Waals surface area contributed by atoms with Crippen molar-refractivity contribution in [1.82, 2.24) is 19.1 Å². The zero-order chi connectivity index (χ0) is 28.6. The maximum atomic E-state index is 11.3. The standard InChI is InChI=1S/C16H13Cl3N2OS.C8H13N3O4S/c17-12-1-2-13(14(18)7-12)15(8-21-5-4-20-10-21)22-9-11-3-6-23-16(11)19;1-3-16(14,15)5-4-10-7(2)9-6-8(10)11(12)13/h1-7,10,15H,8-9H2;6H,3-5H2,1-2H3. The second-order valence-electron chi connectivity index (χ2n) is 8.25. The van der Waals surface area contributed by atoms with E-state index in [0.717, 1.165) is 21.7 Å². The van der Waals surface area contributed by atoms with Crippen molar-refractivity contribution in [3.05, 3.63) is 96.0 Å². The van der Waals surface area contributed by atoms with E-state index >= 15 is 0 Å². The molecule has 10 nitrogen and oxygen atoms in total. The van der Waals surface area contributed by atoms with Crippen LogP contribution in [0.2, 0.25) is 14.4 Å². The van der Waals surface area contributed by atoms with Gasteiger partial charge in [-0.15, -0.1) is 11.3 Å². The normalized spacial score (nSPS) is 12.1. The third kappa shape index (κ3) is 9.02. The first-order chi connectivity index (χ1) is 18.5. The van der Waals surface area contributed by atoms with E-state index in [-0.39, 0.29) is 30.0 Å². The van der Waals surface area contributed by atoms with Gasteiger partial charge in [-0.1, -0.05) is 47.8 Å². The minimum Gasteiger partial charge on any atom is -0.367 e. The van der Waals surface area contributed by atoms with Gasteiger partial charge in [0.05, 0.1) is 29.6 Å². The van der Waals surface area contributed by atoms with Crippen molar-refractivity contribution in [2.24, 2.45) is 0 Å². The number of rotatable bonds is 11. The van der Waals surface area contributed by atoms with Gasteiger partial charge in [0.25, 0.3) is 0 Å². The number of hydrogen-bond acceptors (Lipinski definition) is 8. The Morgan fingerprint density at radius 2 is 2.00 bits per heavy atom. The lowest BCUT2D eigenvalue weighted by Crippen LogP contribution is -2.16. The minimum absolute atomic E-state index is 0.0363. The Morgan fingerprint density at radius 3 is 2.59 bits per heavy atom. The molecule has 1 atom stereocenters. The maximum Gasteiger partial charge on any atom is 0.342 e. The van der Waals surface area contributed by atoms with Crippen LogP contribution in [-0.2, 0) is 34.3 Å². The predicted octanol–water partition coefficient (Wildman–Crippen LogP) is 6.40. The molecule has 3 aromatic heterocycles. The third-order valence-corrected chi connectivity index (χ3v) is 9.16. The molecule has 1 aromatic carbocycles. The first kappa shape index (κ1) is 31.1. The molecule has 4 rings (SSSR count). The van der Waals surface area contributed by atoms with E-state index in [4.69, 9.17) is 39.5 Å². The molecule has 0 aliphatic rings. The summed E-state index contributed by atoms with van der Waals surface area (Å²) in [4.78, 5) is 17.9. The van der Waals surface area contributed by atoms with Crippen molar-refractivity contribution in [3.63, 3.8) is 0 Å². The molecular formula is C24H26Cl3N5O5S2. The van der Waals surface area contributed by atoms with Gasteiger partial charge in [0, 0.05) is 46.2 Å². The first-order valence-electron chi connectivity index (χ1n) is 11.6. The average molecular weight is 635 g/mol. The van der Waals surface area contributed by atoms with Gasteiger partial charge in [-0.25, -0.2) is 23.0 Å². The molecule has 0 N–H and O–H groups in total. The number of nitro groups is 1. The van der Waals surface area contributed by atoms with E-state index in [2.05, 4.69) is 9.97 Å². The van der Waals surface area contributed by atoms with Crippen LogP contribution in [0.1, 0.15) is 30.0 Å². The number of aryl methyl sites for hydroxylation is 1. The number of halogens is 3. The molecule has 0 saturated heterocycles. The molecular weight excluding hydrogens is 609 g/mol. The summed E-state index contributed by atoms with van der Waals surface area (Å²) in [6.07, 6.45) is 6.27. The molecule has 39 heavy (non-hydrogen) atoms. The smallest absolute Gasteiger partial charge is 0.342 e. The summed E-state index contributed by atoms with van der Waals surface area (Å²) in [6, 6.07) is 7.39. The number of benzene rings is 1. The number of aromatic nitrogens is 4. The molecule has 3 heterocycles. The lowest BCUT2D eigenvalue weighted by Gasteiger charge is -2.20. The molecule has 210 valence electrons.